The van der Waals surface area contributed by atoms with Crippen molar-refractivity contribution in [3.8, 4) is 22.9 Å². The lowest BCUT2D eigenvalue weighted by atomic mass is 9.80. The maximum atomic E-state index is 16.2. The zero-order valence-electron chi connectivity index (χ0n) is 37.1. The van der Waals surface area contributed by atoms with Crippen LogP contribution in [0.5, 0.6) is 11.5 Å². The number of carbonyl (C=O) groups excluding carboxylic acids is 4. The molecular weight excluding hydrogens is 893 g/mol. The zero-order valence-corrected chi connectivity index (χ0v) is 38.6. The molecule has 2 fully saturated rings. The molecule has 0 unspecified atom stereocenters. The van der Waals surface area contributed by atoms with Crippen LogP contribution in [0.25, 0.3) is 11.4 Å². The zero-order chi connectivity index (χ0) is 47.4. The SMILES string of the molecule is COC[C@@H]1CC(=O)[C@@H](C)N(Cc2c(F)cc(Cl)cc2Oc2ccc(-c3cnc(CN(C)C)n3C)nc2)C(=O)C[C@@H](CC(F)(F)F)C(=O)N2CCC[C@@](Cc3ccc(Cl)cc3)(C2)N(C)C1=O. The lowest BCUT2D eigenvalue weighted by Gasteiger charge is -2.50. The van der Waals surface area contributed by atoms with Crippen molar-refractivity contribution in [2.24, 2.45) is 18.9 Å². The summed E-state index contributed by atoms with van der Waals surface area (Å²) in [6, 6.07) is 11.0. The number of halogens is 6. The third-order valence-corrected chi connectivity index (χ3v) is 12.7. The highest BCUT2D eigenvalue weighted by Gasteiger charge is 2.48. The summed E-state index contributed by atoms with van der Waals surface area (Å²) in [5.41, 5.74) is 0.700. The van der Waals surface area contributed by atoms with Crippen molar-refractivity contribution in [3.05, 3.63) is 93.7 Å². The normalized spacial score (nSPS) is 21.6. The van der Waals surface area contributed by atoms with Gasteiger partial charge in [0.05, 0.1) is 73.3 Å². The average Bonchev–Trinajstić information content (AvgIpc) is 3.60. The Morgan fingerprint density at radius 3 is 2.29 bits per heavy atom. The van der Waals surface area contributed by atoms with E-state index < -0.39 is 84.7 Å². The van der Waals surface area contributed by atoms with Crippen molar-refractivity contribution < 1.29 is 46.2 Å². The fourth-order valence-electron chi connectivity index (χ4n) is 8.72. The van der Waals surface area contributed by atoms with Gasteiger partial charge in [-0.25, -0.2) is 9.37 Å². The molecule has 2 aromatic carbocycles. The standard InChI is InChI=1S/C46H53Cl2F4N7O6/c1-28-39(60)16-31(26-64-6)43(62)57(5)45(20-29-8-10-32(47)11-9-29)14-7-15-58(27-45)44(63)30(21-46(50,51)52)17-42(61)59(28)24-35-36(49)18-33(48)19-40(35)65-34-12-13-37(53-22-34)38-23-54-41(56(38)4)25-55(2)3/h8-13,18-19,22-23,28,30-31H,7,14-17,20-21,24-27H2,1-6H3/t28-,30+,31+,45-/m1/s1. The van der Waals surface area contributed by atoms with Crippen molar-refractivity contribution in [1.29, 1.82) is 0 Å². The molecule has 4 heterocycles. The molecule has 0 spiro atoms. The highest BCUT2D eigenvalue weighted by atomic mass is 35.5. The molecule has 6 rings (SSSR count). The molecule has 4 atom stereocenters. The summed E-state index contributed by atoms with van der Waals surface area (Å²) in [6.07, 6.45) is -3.85. The first-order valence-electron chi connectivity index (χ1n) is 21.1. The van der Waals surface area contributed by atoms with E-state index in [4.69, 9.17) is 32.7 Å². The number of ketones is 1. The van der Waals surface area contributed by atoms with E-state index in [-0.39, 0.29) is 48.2 Å². The quantitative estimate of drug-likeness (QED) is 0.131. The lowest BCUT2D eigenvalue weighted by molar-refractivity contribution is -0.166. The van der Waals surface area contributed by atoms with Crippen molar-refractivity contribution in [1.82, 2.24) is 34.1 Å². The fourth-order valence-corrected chi connectivity index (χ4v) is 9.04. The summed E-state index contributed by atoms with van der Waals surface area (Å²) in [5, 5.41) is 0.407. The number of amides is 3. The highest BCUT2D eigenvalue weighted by Crippen LogP contribution is 2.38. The van der Waals surface area contributed by atoms with Crippen LogP contribution in [0.1, 0.15) is 56.0 Å². The summed E-state index contributed by atoms with van der Waals surface area (Å²) in [6.45, 7) is 1.03. The van der Waals surface area contributed by atoms with Crippen molar-refractivity contribution in [2.75, 3.05) is 47.9 Å². The number of benzene rings is 2. The number of likely N-dealkylation sites (N-methyl/N-ethyl adjacent to an activating group) is 1. The highest BCUT2D eigenvalue weighted by molar-refractivity contribution is 6.31. The van der Waals surface area contributed by atoms with E-state index in [9.17, 15) is 32.3 Å². The first kappa shape index (κ1) is 49.3. The smallest absolute Gasteiger partial charge is 0.389 e. The van der Waals surface area contributed by atoms with E-state index in [1.54, 1.807) is 49.6 Å². The van der Waals surface area contributed by atoms with E-state index >= 15 is 4.39 Å². The Morgan fingerprint density at radius 2 is 1.65 bits per heavy atom. The summed E-state index contributed by atoms with van der Waals surface area (Å²) >= 11 is 12.5. The van der Waals surface area contributed by atoms with Crippen LogP contribution in [0.3, 0.4) is 0 Å². The molecule has 2 aromatic heterocycles. The van der Waals surface area contributed by atoms with Gasteiger partial charge in [-0.3, -0.25) is 24.2 Å². The molecule has 65 heavy (non-hydrogen) atoms. The first-order valence-corrected chi connectivity index (χ1v) is 21.9. The number of hydrogen-bond donors (Lipinski definition) is 0. The Kier molecular flexibility index (Phi) is 15.6. The predicted octanol–water partition coefficient (Wildman–Crippen LogP) is 7.76. The van der Waals surface area contributed by atoms with Crippen LogP contribution in [0.2, 0.25) is 10.0 Å². The van der Waals surface area contributed by atoms with E-state index in [1.165, 1.54) is 36.1 Å². The predicted molar refractivity (Wildman–Crippen MR) is 236 cm³/mol. The number of carbonyl (C=O) groups is 4. The summed E-state index contributed by atoms with van der Waals surface area (Å²) < 4.78 is 72.7. The van der Waals surface area contributed by atoms with E-state index in [0.717, 1.165) is 28.0 Å². The number of fused-ring (bicyclic) bond motifs is 2. The second-order valence-electron chi connectivity index (χ2n) is 17.2. The minimum absolute atomic E-state index is 0.0693. The Morgan fingerprint density at radius 1 is 0.923 bits per heavy atom. The molecule has 13 nitrogen and oxygen atoms in total. The van der Waals surface area contributed by atoms with Gasteiger partial charge in [0.1, 0.15) is 23.1 Å². The van der Waals surface area contributed by atoms with Gasteiger partial charge in [0.25, 0.3) is 0 Å². The van der Waals surface area contributed by atoms with Gasteiger partial charge in [-0.05, 0) is 82.2 Å². The number of hydrogen-bond acceptors (Lipinski definition) is 9. The second kappa shape index (κ2) is 20.6. The number of rotatable bonds is 12. The summed E-state index contributed by atoms with van der Waals surface area (Å²) in [4.78, 5) is 72.6. The van der Waals surface area contributed by atoms with Gasteiger partial charge in [-0.2, -0.15) is 13.2 Å². The van der Waals surface area contributed by atoms with Crippen LogP contribution < -0.4 is 4.74 Å². The molecule has 350 valence electrons. The third kappa shape index (κ3) is 11.8. The van der Waals surface area contributed by atoms with E-state index in [0.29, 0.717) is 30.1 Å². The van der Waals surface area contributed by atoms with Gasteiger partial charge in [-0.15, -0.1) is 0 Å². The number of methoxy groups -OCH3 is 1. The molecule has 2 aliphatic rings. The average molecular weight is 947 g/mol. The van der Waals surface area contributed by atoms with Gasteiger partial charge in [0.2, 0.25) is 17.7 Å². The number of ether oxygens (including phenoxy) is 2. The molecule has 0 aliphatic carbocycles. The summed E-state index contributed by atoms with van der Waals surface area (Å²) in [5.74, 6) is -6.18. The Balaban J connectivity index is 1.37. The van der Waals surface area contributed by atoms with Crippen LogP contribution in [-0.2, 0) is 50.5 Å². The van der Waals surface area contributed by atoms with Crippen molar-refractivity contribution in [3.63, 3.8) is 0 Å². The maximum absolute atomic E-state index is 16.2. The van der Waals surface area contributed by atoms with Crippen molar-refractivity contribution in [2.45, 2.75) is 76.3 Å². The molecular formula is C46H53Cl2F4N7O6. The molecule has 2 bridgehead atoms. The lowest BCUT2D eigenvalue weighted by Crippen LogP contribution is -2.63. The van der Waals surface area contributed by atoms with Crippen LogP contribution in [0, 0.1) is 17.7 Å². The number of Topliss-reactive ketones (excluding diaryl/α,β-unsaturated/α-hetero) is 1. The second-order valence-corrected chi connectivity index (χ2v) is 18.1. The molecule has 4 aromatic rings. The topological polar surface area (TPSA) is 130 Å². The van der Waals surface area contributed by atoms with Crippen LogP contribution in [0.4, 0.5) is 17.6 Å². The molecule has 2 saturated heterocycles. The van der Waals surface area contributed by atoms with Gasteiger partial charge < -0.3 is 33.6 Å². The monoisotopic (exact) mass is 945 g/mol. The minimum atomic E-state index is -4.87. The number of piperidine rings is 1. The first-order chi connectivity index (χ1) is 30.7. The number of alkyl halides is 3. The van der Waals surface area contributed by atoms with E-state index in [1.807, 2.05) is 30.6 Å². The summed E-state index contributed by atoms with van der Waals surface area (Å²) in [7, 11) is 8.65. The third-order valence-electron chi connectivity index (χ3n) is 12.2. The minimum Gasteiger partial charge on any atom is -0.455 e. The molecule has 0 N–H and O–H groups in total. The van der Waals surface area contributed by atoms with Gasteiger partial charge >= 0.3 is 6.18 Å². The molecule has 19 heteroatoms. The van der Waals surface area contributed by atoms with Crippen LogP contribution >= 0.6 is 23.2 Å². The van der Waals surface area contributed by atoms with Crippen molar-refractivity contribution >= 4 is 46.7 Å². The molecule has 2 aliphatic heterocycles. The van der Waals surface area contributed by atoms with Gasteiger partial charge in [0, 0.05) is 62.7 Å². The molecule has 3 amide bonds. The molecule has 0 saturated carbocycles. The Labute approximate surface area is 385 Å². The largest absolute Gasteiger partial charge is 0.455 e. The number of pyridine rings is 1. The number of nitrogens with zero attached hydrogens (tertiary/aromatic N) is 7. The maximum Gasteiger partial charge on any atom is 0.389 e. The van der Waals surface area contributed by atoms with Gasteiger partial charge in [0.15, 0.2) is 5.78 Å². The van der Waals surface area contributed by atoms with Gasteiger partial charge in [-0.1, -0.05) is 35.3 Å². The number of aromatic nitrogens is 3. The molecule has 0 radical (unpaired) electrons. The Hall–Kier alpha value is -5.10. The number of imidazole rings is 1. The van der Waals surface area contributed by atoms with E-state index in [2.05, 4.69) is 9.97 Å². The van der Waals surface area contributed by atoms with Crippen LogP contribution in [0.15, 0.2) is 60.9 Å². The fraction of sp³-hybridized carbons (Fsp3) is 0.478. The Bertz CT molecular complexity index is 2360. The van der Waals surface area contributed by atoms with Crippen LogP contribution in [-0.4, -0.2) is 123 Å².